The summed E-state index contributed by atoms with van der Waals surface area (Å²) >= 11 is 0. The first-order chi connectivity index (χ1) is 20.6. The van der Waals surface area contributed by atoms with E-state index in [4.69, 9.17) is 11.2 Å². The molecule has 42 heavy (non-hydrogen) atoms. The van der Waals surface area contributed by atoms with Crippen molar-refractivity contribution in [2.24, 2.45) is 0 Å². The molecule has 0 aromatic rings. The Labute approximate surface area is 277 Å². The minimum absolute atomic E-state index is 0. The van der Waals surface area contributed by atoms with E-state index in [9.17, 15) is 4.79 Å². The maximum atomic E-state index is 10.9. The van der Waals surface area contributed by atoms with Crippen LogP contribution in [0.2, 0.25) is 0 Å². The van der Waals surface area contributed by atoms with Gasteiger partial charge in [0.2, 0.25) is 0 Å². The van der Waals surface area contributed by atoms with Gasteiger partial charge in [0, 0.05) is 26.4 Å². The van der Waals surface area contributed by atoms with Crippen LogP contribution in [-0.4, -0.2) is 26.7 Å². The first-order valence-corrected chi connectivity index (χ1v) is 14.2. The van der Waals surface area contributed by atoms with Crippen LogP contribution >= 0.6 is 0 Å². The highest BCUT2D eigenvalue weighted by Crippen LogP contribution is 2.10. The third-order valence-corrected chi connectivity index (χ3v) is 4.91. The maximum absolute atomic E-state index is 10.9. The van der Waals surface area contributed by atoms with Crippen LogP contribution in [0.4, 0.5) is 0 Å². The molecule has 0 saturated carbocycles. The Kier molecular flexibility index (Phi) is 42.8. The molecular formula is C38H72O4. The highest BCUT2D eigenvalue weighted by molar-refractivity contribution is 5.68. The van der Waals surface area contributed by atoms with Crippen molar-refractivity contribution in [2.75, 3.05) is 14.2 Å². The standard InChI is InChI=1S/C19H36O2.C17H4.C2H4O2.14H2/c1-3-4-5-6-7-8-9-10-11-12-13-14-15-16-17-18-19(20)21-2;1-3-5-7-9-11-13-15-17-16-14-12-10-8-6-4-2;1-4-2-3;;;;;;;;;;;;;;/h10-11H,3-9,12-18H2,1-2H3;1H,2H3;2H,1H3;14*1H/b11-10-;;;;;;;;;;;;;;;;. The predicted octanol–water partition coefficient (Wildman–Crippen LogP) is 10.1. The van der Waals surface area contributed by atoms with Gasteiger partial charge in [-0.1, -0.05) is 76.4 Å². The molecule has 4 nitrogen and oxygen atoms in total. The summed E-state index contributed by atoms with van der Waals surface area (Å²) in [4.78, 5) is 19.9. The highest BCUT2D eigenvalue weighted by Gasteiger charge is 1.98. The van der Waals surface area contributed by atoms with Crippen molar-refractivity contribution in [3.63, 3.8) is 0 Å². The van der Waals surface area contributed by atoms with Gasteiger partial charge in [-0.15, -0.1) is 6.42 Å². The normalized spacial score (nSPS) is 7.60. The number of esters is 1. The molecular weight excluding hydrogens is 520 g/mol. The number of methoxy groups -OCH3 is 2. The van der Waals surface area contributed by atoms with Crippen LogP contribution < -0.4 is 0 Å². The lowest BCUT2D eigenvalue weighted by atomic mass is 10.1. The molecule has 4 heteroatoms. The van der Waals surface area contributed by atoms with E-state index in [2.05, 4.69) is 117 Å². The Hall–Kier alpha value is -4.84. The van der Waals surface area contributed by atoms with Crippen LogP contribution in [-0.2, 0) is 19.1 Å². The van der Waals surface area contributed by atoms with Gasteiger partial charge in [0.25, 0.3) is 6.47 Å². The molecule has 0 radical (unpaired) electrons. The molecule has 0 atom stereocenters. The van der Waals surface area contributed by atoms with Gasteiger partial charge in [-0.2, -0.15) is 0 Å². The topological polar surface area (TPSA) is 52.6 Å². The molecule has 0 heterocycles. The molecule has 0 rings (SSSR count). The van der Waals surface area contributed by atoms with Gasteiger partial charge < -0.3 is 9.47 Å². The lowest BCUT2D eigenvalue weighted by molar-refractivity contribution is -0.140. The van der Waals surface area contributed by atoms with Crippen molar-refractivity contribution in [3.8, 4) is 95.2 Å². The van der Waals surface area contributed by atoms with E-state index in [0.717, 1.165) is 12.8 Å². The fourth-order valence-electron chi connectivity index (χ4n) is 2.88. The summed E-state index contributed by atoms with van der Waals surface area (Å²) in [5.74, 6) is 36.8. The number of hydrogen-bond donors (Lipinski definition) is 0. The Balaban J connectivity index is -0.0000000270. The second-order valence-corrected chi connectivity index (χ2v) is 8.26. The maximum Gasteiger partial charge on any atom is 0.305 e. The summed E-state index contributed by atoms with van der Waals surface area (Å²) < 4.78 is 8.48. The second kappa shape index (κ2) is 43.2. The van der Waals surface area contributed by atoms with Gasteiger partial charge in [0.15, 0.2) is 0 Å². The molecule has 0 amide bonds. The van der Waals surface area contributed by atoms with Crippen molar-refractivity contribution < 1.29 is 39.0 Å². The lowest BCUT2D eigenvalue weighted by Gasteiger charge is -2.00. The van der Waals surface area contributed by atoms with Crippen LogP contribution in [0.15, 0.2) is 12.2 Å². The van der Waals surface area contributed by atoms with E-state index in [1.54, 1.807) is 6.92 Å². The first-order valence-electron chi connectivity index (χ1n) is 14.2. The van der Waals surface area contributed by atoms with Crippen molar-refractivity contribution in [2.45, 2.75) is 104 Å². The van der Waals surface area contributed by atoms with Gasteiger partial charge in [-0.05, 0) is 122 Å². The zero-order chi connectivity index (χ0) is 31.6. The fourth-order valence-corrected chi connectivity index (χ4v) is 2.88. The number of unbranched alkanes of at least 4 members (excludes halogenated alkanes) is 11. The van der Waals surface area contributed by atoms with Crippen LogP contribution in [0.5, 0.6) is 0 Å². The van der Waals surface area contributed by atoms with E-state index >= 15 is 0 Å². The van der Waals surface area contributed by atoms with Gasteiger partial charge >= 0.3 is 5.97 Å². The van der Waals surface area contributed by atoms with Crippen LogP contribution in [0.1, 0.15) is 124 Å². The van der Waals surface area contributed by atoms with Gasteiger partial charge in [-0.3, -0.25) is 9.59 Å². The van der Waals surface area contributed by atoms with Crippen LogP contribution in [0.3, 0.4) is 0 Å². The zero-order valence-electron chi connectivity index (χ0n) is 25.8. The van der Waals surface area contributed by atoms with Gasteiger partial charge in [-0.25, -0.2) is 0 Å². The van der Waals surface area contributed by atoms with Gasteiger partial charge in [0.1, 0.15) is 0 Å². The molecule has 0 aromatic carbocycles. The molecule has 0 aliphatic rings. The Morgan fingerprint density at radius 3 is 1.40 bits per heavy atom. The van der Waals surface area contributed by atoms with Gasteiger partial charge in [0.05, 0.1) is 14.2 Å². The number of carbonyl (C=O) groups is 2. The van der Waals surface area contributed by atoms with Crippen LogP contribution in [0.25, 0.3) is 0 Å². The summed E-state index contributed by atoms with van der Waals surface area (Å²) in [6.07, 6.45) is 26.9. The predicted molar refractivity (Wildman–Crippen MR) is 203 cm³/mol. The van der Waals surface area contributed by atoms with E-state index < -0.39 is 0 Å². The van der Waals surface area contributed by atoms with Crippen molar-refractivity contribution in [1.29, 1.82) is 0 Å². The molecule has 248 valence electrons. The Morgan fingerprint density at radius 1 is 0.643 bits per heavy atom. The number of terminal acetylenes is 1. The quantitative estimate of drug-likeness (QED) is 0.0588. The second-order valence-electron chi connectivity index (χ2n) is 8.26. The molecule has 0 saturated heterocycles. The summed E-state index contributed by atoms with van der Waals surface area (Å²) in [6, 6.07) is 0. The SMILES string of the molecule is C#CC#CC#CC#CC#CC#CC#CC#CC.CCCCCCCC/C=C\CCCCCCCC(=O)OC.COC=O.[HH].[HH].[HH].[HH].[HH].[HH].[HH].[HH].[HH].[HH].[HH].[HH].[HH].[HH]. The minimum Gasteiger partial charge on any atom is -0.471 e. The third-order valence-electron chi connectivity index (χ3n) is 4.91. The molecule has 0 unspecified atom stereocenters. The average Bonchev–Trinajstić information content (AvgIpc) is 3.01. The highest BCUT2D eigenvalue weighted by atomic mass is 16.5. The smallest absolute Gasteiger partial charge is 0.305 e. The lowest BCUT2D eigenvalue weighted by Crippen LogP contribution is -1.98. The molecule has 0 aromatic heterocycles. The summed E-state index contributed by atoms with van der Waals surface area (Å²) in [5, 5.41) is 0. The largest absolute Gasteiger partial charge is 0.471 e. The first kappa shape index (κ1) is 41.6. The van der Waals surface area contributed by atoms with Crippen molar-refractivity contribution in [3.05, 3.63) is 12.2 Å². The molecule has 0 bridgehead atoms. The summed E-state index contributed by atoms with van der Waals surface area (Å²) in [5.41, 5.74) is 0. The number of ether oxygens (including phenoxy) is 2. The van der Waals surface area contributed by atoms with E-state index in [-0.39, 0.29) is 25.9 Å². The number of carbonyl (C=O) groups excluding carboxylic acids is 2. The fraction of sp³-hybridized carbons (Fsp3) is 0.474. The average molecular weight is 593 g/mol. The van der Waals surface area contributed by atoms with Crippen LogP contribution in [0, 0.1) is 95.2 Å². The van der Waals surface area contributed by atoms with E-state index in [0.29, 0.717) is 12.9 Å². The summed E-state index contributed by atoms with van der Waals surface area (Å²) in [6.45, 7) is 4.34. The monoisotopic (exact) mass is 593 g/mol. The number of allylic oxidation sites excluding steroid dienone is 2. The molecule has 0 spiro atoms. The van der Waals surface area contributed by atoms with E-state index in [1.165, 1.54) is 84.8 Å². The molecule has 0 aliphatic carbocycles. The molecule has 0 N–H and O–H groups in total. The van der Waals surface area contributed by atoms with Crippen molar-refractivity contribution in [1.82, 2.24) is 0 Å². The Morgan fingerprint density at radius 2 is 1.02 bits per heavy atom. The molecule has 0 aliphatic heterocycles. The third kappa shape index (κ3) is 48.3. The number of hydrogen-bond acceptors (Lipinski definition) is 4. The minimum atomic E-state index is -0.0763. The zero-order valence-corrected chi connectivity index (χ0v) is 25.8. The van der Waals surface area contributed by atoms with Crippen molar-refractivity contribution >= 4 is 12.4 Å². The summed E-state index contributed by atoms with van der Waals surface area (Å²) in [7, 11) is 2.77. The number of rotatable bonds is 16. The Bertz CT molecular complexity index is 1260. The van der Waals surface area contributed by atoms with E-state index in [1.807, 2.05) is 0 Å². The molecule has 0 fully saturated rings.